The Balaban J connectivity index is 1.73. The maximum Gasteiger partial charge on any atom is 0.0703 e. The molecule has 5 heteroatoms. The molecule has 0 spiro atoms. The van der Waals surface area contributed by atoms with Gasteiger partial charge in [-0.3, -0.25) is 4.98 Å². The lowest BCUT2D eigenvalue weighted by Gasteiger charge is -2.01. The van der Waals surface area contributed by atoms with Gasteiger partial charge in [0.05, 0.1) is 8.47 Å². The van der Waals surface area contributed by atoms with Crippen molar-refractivity contribution in [1.82, 2.24) is 4.98 Å². The van der Waals surface area contributed by atoms with Crippen LogP contribution in [0.5, 0.6) is 0 Å². The number of hydrogen-bond acceptors (Lipinski definition) is 5. The molecule has 108 valence electrons. The van der Waals surface area contributed by atoms with Gasteiger partial charge in [0.25, 0.3) is 0 Å². The van der Waals surface area contributed by atoms with Crippen LogP contribution in [0, 0.1) is 0 Å². The van der Waals surface area contributed by atoms with Crippen LogP contribution in [0.2, 0.25) is 0 Å². The number of thioether (sulfide) groups is 4. The van der Waals surface area contributed by atoms with E-state index < -0.39 is 0 Å². The quantitative estimate of drug-likeness (QED) is 0.590. The second-order valence-corrected chi connectivity index (χ2v) is 9.87. The van der Waals surface area contributed by atoms with Crippen LogP contribution in [0.25, 0.3) is 6.08 Å². The van der Waals surface area contributed by atoms with E-state index in [2.05, 4.69) is 37.9 Å². The Hall–Kier alpha value is -0.490. The molecular weight excluding hydrogens is 334 g/mol. The first-order valence-electron chi connectivity index (χ1n) is 6.55. The van der Waals surface area contributed by atoms with Crippen LogP contribution < -0.4 is 0 Å². The minimum atomic E-state index is 1.19. The molecule has 0 unspecified atom stereocenters. The summed E-state index contributed by atoms with van der Waals surface area (Å²) in [5.41, 5.74) is 1.19. The Morgan fingerprint density at radius 1 is 0.762 bits per heavy atom. The number of rotatable bonds is 2. The molecule has 21 heavy (non-hydrogen) atoms. The Labute approximate surface area is 142 Å². The third kappa shape index (κ3) is 3.65. The van der Waals surface area contributed by atoms with E-state index in [-0.39, 0.29) is 0 Å². The van der Waals surface area contributed by atoms with Crippen LogP contribution in [0.1, 0.15) is 26.3 Å². The Kier molecular flexibility index (Phi) is 4.94. The fourth-order valence-corrected chi connectivity index (χ4v) is 7.12. The lowest BCUT2D eigenvalue weighted by molar-refractivity contribution is 1.32. The summed E-state index contributed by atoms with van der Waals surface area (Å²) >= 11 is 7.61. The highest BCUT2D eigenvalue weighted by Gasteiger charge is 2.24. The van der Waals surface area contributed by atoms with Crippen molar-refractivity contribution in [3.05, 3.63) is 64.3 Å². The smallest absolute Gasteiger partial charge is 0.0703 e. The van der Waals surface area contributed by atoms with E-state index in [9.17, 15) is 0 Å². The zero-order chi connectivity index (χ0) is 14.8. The van der Waals surface area contributed by atoms with Crippen molar-refractivity contribution in [2.45, 2.75) is 20.8 Å². The zero-order valence-electron chi connectivity index (χ0n) is 12.0. The molecule has 2 aliphatic heterocycles. The number of hydrogen-bond donors (Lipinski definition) is 0. The van der Waals surface area contributed by atoms with Crippen LogP contribution in [-0.4, -0.2) is 4.98 Å². The molecule has 0 radical (unpaired) electrons. The van der Waals surface area contributed by atoms with Crippen molar-refractivity contribution in [1.29, 1.82) is 0 Å². The topological polar surface area (TPSA) is 12.9 Å². The summed E-state index contributed by atoms with van der Waals surface area (Å²) in [5.74, 6) is 0. The predicted octanol–water partition coefficient (Wildman–Crippen LogP) is 6.66. The fourth-order valence-electron chi connectivity index (χ4n) is 1.79. The Morgan fingerprint density at radius 3 is 2.00 bits per heavy atom. The van der Waals surface area contributed by atoms with Gasteiger partial charge in [0.1, 0.15) is 0 Å². The van der Waals surface area contributed by atoms with Crippen molar-refractivity contribution in [3.8, 4) is 0 Å². The molecule has 0 saturated carbocycles. The minimum absolute atomic E-state index is 1.19. The third-order valence-electron chi connectivity index (χ3n) is 3.08. The van der Waals surface area contributed by atoms with E-state index in [0.29, 0.717) is 0 Å². The molecule has 0 saturated heterocycles. The molecule has 0 bridgehead atoms. The molecule has 0 amide bonds. The zero-order valence-corrected chi connectivity index (χ0v) is 15.3. The molecule has 1 aromatic rings. The van der Waals surface area contributed by atoms with Crippen LogP contribution in [0.3, 0.4) is 0 Å². The van der Waals surface area contributed by atoms with E-state index in [1.54, 1.807) is 0 Å². The predicted molar refractivity (Wildman–Crippen MR) is 102 cm³/mol. The summed E-state index contributed by atoms with van der Waals surface area (Å²) in [6.07, 6.45) is 8.03. The molecule has 0 aliphatic carbocycles. The summed E-state index contributed by atoms with van der Waals surface area (Å²) in [6, 6.07) is 4.05. The van der Waals surface area contributed by atoms with Gasteiger partial charge in [0, 0.05) is 22.2 Å². The highest BCUT2D eigenvalue weighted by atomic mass is 32.2. The van der Waals surface area contributed by atoms with Crippen molar-refractivity contribution >= 4 is 53.1 Å². The highest BCUT2D eigenvalue weighted by molar-refractivity contribution is 8.34. The van der Waals surface area contributed by atoms with E-state index in [4.69, 9.17) is 0 Å². The van der Waals surface area contributed by atoms with Crippen molar-refractivity contribution in [2.24, 2.45) is 0 Å². The van der Waals surface area contributed by atoms with Crippen molar-refractivity contribution in [2.75, 3.05) is 0 Å². The molecule has 0 aromatic carbocycles. The third-order valence-corrected chi connectivity index (χ3v) is 8.83. The number of pyridine rings is 1. The molecule has 3 heterocycles. The van der Waals surface area contributed by atoms with Crippen LogP contribution in [-0.2, 0) is 0 Å². The summed E-state index contributed by atoms with van der Waals surface area (Å²) in [7, 11) is 0. The highest BCUT2D eigenvalue weighted by Crippen LogP contribution is 2.59. The van der Waals surface area contributed by atoms with Gasteiger partial charge in [0.2, 0.25) is 0 Å². The lowest BCUT2D eigenvalue weighted by atomic mass is 10.2. The van der Waals surface area contributed by atoms with Crippen LogP contribution in [0.4, 0.5) is 0 Å². The lowest BCUT2D eigenvalue weighted by Crippen LogP contribution is -1.73. The molecule has 3 rings (SSSR count). The van der Waals surface area contributed by atoms with Gasteiger partial charge in [-0.15, -0.1) is 0 Å². The molecule has 1 nitrogen and oxygen atoms in total. The van der Waals surface area contributed by atoms with Gasteiger partial charge in [-0.25, -0.2) is 0 Å². The van der Waals surface area contributed by atoms with Gasteiger partial charge >= 0.3 is 0 Å². The van der Waals surface area contributed by atoms with Crippen molar-refractivity contribution < 1.29 is 0 Å². The molecule has 2 aliphatic rings. The van der Waals surface area contributed by atoms with Gasteiger partial charge in [-0.1, -0.05) is 53.1 Å². The number of nitrogens with zero attached hydrogens (tertiary/aromatic N) is 1. The molecule has 1 aromatic heterocycles. The molecular formula is C16H15NS4. The summed E-state index contributed by atoms with van der Waals surface area (Å²) in [6.45, 7) is 6.61. The summed E-state index contributed by atoms with van der Waals surface area (Å²) in [4.78, 5) is 9.65. The van der Waals surface area contributed by atoms with E-state index >= 15 is 0 Å². The van der Waals surface area contributed by atoms with Gasteiger partial charge in [-0.2, -0.15) is 0 Å². The maximum absolute atomic E-state index is 4.05. The minimum Gasteiger partial charge on any atom is -0.265 e. The van der Waals surface area contributed by atoms with E-state index in [1.165, 1.54) is 33.7 Å². The second kappa shape index (κ2) is 6.73. The Morgan fingerprint density at radius 2 is 1.33 bits per heavy atom. The average molecular weight is 350 g/mol. The second-order valence-electron chi connectivity index (χ2n) is 4.63. The summed E-state index contributed by atoms with van der Waals surface area (Å²) < 4.78 is 2.86. The average Bonchev–Trinajstić information content (AvgIpc) is 3.01. The van der Waals surface area contributed by atoms with E-state index in [1.807, 2.05) is 71.6 Å². The van der Waals surface area contributed by atoms with Gasteiger partial charge in [0.15, 0.2) is 0 Å². The van der Waals surface area contributed by atoms with Crippen LogP contribution in [0.15, 0.2) is 58.7 Å². The number of allylic oxidation sites excluding steroid dienone is 4. The maximum atomic E-state index is 4.05. The number of aromatic nitrogens is 1. The molecule has 0 N–H and O–H groups in total. The summed E-state index contributed by atoms with van der Waals surface area (Å²) in [5, 5.41) is 0. The van der Waals surface area contributed by atoms with E-state index in [0.717, 1.165) is 0 Å². The Bertz CT molecular complexity index is 667. The monoisotopic (exact) mass is 349 g/mol. The van der Waals surface area contributed by atoms with Gasteiger partial charge in [-0.05, 0) is 54.4 Å². The normalized spacial score (nSPS) is 19.6. The SMILES string of the molecule is CC1=C(C)SC(=C2SC(C)=C(/C=C/c3ccncc3)S2)S1. The largest absolute Gasteiger partial charge is 0.265 e. The first kappa shape index (κ1) is 15.4. The molecule has 0 atom stereocenters. The first-order chi connectivity index (χ1) is 10.1. The molecule has 0 fully saturated rings. The van der Waals surface area contributed by atoms with Crippen molar-refractivity contribution in [3.63, 3.8) is 0 Å². The fraction of sp³-hybridized carbons (Fsp3) is 0.188. The van der Waals surface area contributed by atoms with Gasteiger partial charge < -0.3 is 0 Å². The van der Waals surface area contributed by atoms with Crippen LogP contribution >= 0.6 is 47.0 Å². The first-order valence-corrected chi connectivity index (χ1v) is 9.82. The standard InChI is InChI=1S/C16H15NS4/c1-10-11(2)19-15(18-10)16-20-12(3)14(21-16)5-4-13-6-8-17-9-7-13/h4-9H,1-3H3/b5-4+.